The predicted octanol–water partition coefficient (Wildman–Crippen LogP) is 6.30. The van der Waals surface area contributed by atoms with Crippen molar-refractivity contribution in [2.75, 3.05) is 12.0 Å². The maximum atomic E-state index is 14.7. The summed E-state index contributed by atoms with van der Waals surface area (Å²) in [6.45, 7) is 5.37. The van der Waals surface area contributed by atoms with Gasteiger partial charge >= 0.3 is 5.97 Å². The van der Waals surface area contributed by atoms with Gasteiger partial charge in [-0.05, 0) is 68.8 Å². The Morgan fingerprint density at radius 3 is 2.18 bits per heavy atom. The van der Waals surface area contributed by atoms with Gasteiger partial charge in [0.1, 0.15) is 17.3 Å². The van der Waals surface area contributed by atoms with Crippen molar-refractivity contribution >= 4 is 33.7 Å². The fraction of sp³-hybridized carbons (Fsp3) is 0.176. The van der Waals surface area contributed by atoms with Gasteiger partial charge in [0, 0.05) is 12.2 Å². The van der Waals surface area contributed by atoms with Crippen molar-refractivity contribution in [3.8, 4) is 0 Å². The van der Waals surface area contributed by atoms with Crippen LogP contribution in [0, 0.1) is 19.7 Å². The number of amides is 1. The van der Waals surface area contributed by atoms with E-state index in [1.165, 1.54) is 42.6 Å². The van der Waals surface area contributed by atoms with Gasteiger partial charge in [-0.1, -0.05) is 59.7 Å². The summed E-state index contributed by atoms with van der Waals surface area (Å²) < 4.78 is 54.4. The zero-order valence-corrected chi connectivity index (χ0v) is 25.5. The summed E-state index contributed by atoms with van der Waals surface area (Å²) in [6.07, 6.45) is 1.38. The number of carbonyl (C=O) groups is 2. The maximum absolute atomic E-state index is 14.7. The molecular formula is C34H31FN2O6S. The van der Waals surface area contributed by atoms with E-state index < -0.39 is 27.7 Å². The van der Waals surface area contributed by atoms with Crippen molar-refractivity contribution in [3.05, 3.63) is 136 Å². The van der Waals surface area contributed by atoms with Gasteiger partial charge in [-0.25, -0.2) is 17.6 Å². The molecule has 0 N–H and O–H groups in total. The van der Waals surface area contributed by atoms with Crippen LogP contribution in [0.3, 0.4) is 0 Å². The Bertz CT molecular complexity index is 1890. The lowest BCUT2D eigenvalue weighted by Crippen LogP contribution is -2.30. The molecule has 0 aliphatic carbocycles. The molecule has 4 aromatic rings. The van der Waals surface area contributed by atoms with Crippen LogP contribution in [-0.2, 0) is 37.4 Å². The molecule has 1 aliphatic heterocycles. The number of aryl methyl sites for hydroxylation is 2. The first-order valence-electron chi connectivity index (χ1n) is 13.8. The first-order chi connectivity index (χ1) is 21.0. The SMILES string of the molecule is COC(=O)C1=C(C)N(c2ccccc2F)C(=O)/C1=C/c1ccc(CN(Cc2ccc(C)cc2)S(=O)(=O)c2ccc(C)cc2)o1. The van der Waals surface area contributed by atoms with Crippen LogP contribution in [0.25, 0.3) is 6.08 Å². The topological polar surface area (TPSA) is 97.1 Å². The lowest BCUT2D eigenvalue weighted by molar-refractivity contribution is -0.136. The lowest BCUT2D eigenvalue weighted by Gasteiger charge is -2.21. The molecule has 0 fully saturated rings. The van der Waals surface area contributed by atoms with Crippen molar-refractivity contribution in [3.63, 3.8) is 0 Å². The highest BCUT2D eigenvalue weighted by Gasteiger charge is 2.39. The van der Waals surface area contributed by atoms with Crippen molar-refractivity contribution in [2.45, 2.75) is 38.8 Å². The van der Waals surface area contributed by atoms with Crippen LogP contribution in [0.4, 0.5) is 10.1 Å². The number of sulfonamides is 1. The molecule has 0 saturated carbocycles. The number of hydrogen-bond acceptors (Lipinski definition) is 6. The molecule has 0 saturated heterocycles. The predicted molar refractivity (Wildman–Crippen MR) is 164 cm³/mol. The van der Waals surface area contributed by atoms with Gasteiger partial charge in [0.05, 0.1) is 35.4 Å². The van der Waals surface area contributed by atoms with Crippen LogP contribution >= 0.6 is 0 Å². The number of ether oxygens (including phenoxy) is 1. The third-order valence-electron chi connectivity index (χ3n) is 7.32. The second-order valence-electron chi connectivity index (χ2n) is 10.5. The minimum Gasteiger partial charge on any atom is -0.465 e. The molecule has 226 valence electrons. The Hall–Kier alpha value is -4.80. The van der Waals surface area contributed by atoms with Gasteiger partial charge in [-0.2, -0.15) is 4.31 Å². The number of rotatable bonds is 9. The van der Waals surface area contributed by atoms with Crippen molar-refractivity contribution in [1.29, 1.82) is 0 Å². The molecule has 0 bridgehead atoms. The van der Waals surface area contributed by atoms with E-state index in [0.717, 1.165) is 21.6 Å². The average Bonchev–Trinajstić information content (AvgIpc) is 3.54. The fourth-order valence-electron chi connectivity index (χ4n) is 4.96. The molecule has 0 radical (unpaired) electrons. The zero-order valence-electron chi connectivity index (χ0n) is 24.7. The largest absolute Gasteiger partial charge is 0.465 e. The number of esters is 1. The molecular weight excluding hydrogens is 583 g/mol. The molecule has 0 spiro atoms. The number of allylic oxidation sites excluding steroid dienone is 1. The standard InChI is InChI=1S/C34H31FN2O6S/c1-22-9-13-25(14-10-22)20-36(44(40,41)28-17-11-23(2)12-18-28)21-27-16-15-26(43-27)19-29-32(34(39)42-4)24(3)37(33(29)38)31-8-6-5-7-30(31)35/h5-19H,20-21H2,1-4H3/b29-19+. The highest BCUT2D eigenvalue weighted by Crippen LogP contribution is 2.36. The van der Waals surface area contributed by atoms with Crippen LogP contribution in [0.1, 0.15) is 35.1 Å². The summed E-state index contributed by atoms with van der Waals surface area (Å²) in [4.78, 5) is 27.6. The molecule has 0 atom stereocenters. The van der Waals surface area contributed by atoms with Crippen LogP contribution in [0.5, 0.6) is 0 Å². The Kier molecular flexibility index (Phi) is 8.66. The van der Waals surface area contributed by atoms with E-state index in [9.17, 15) is 22.4 Å². The molecule has 2 heterocycles. The summed E-state index contributed by atoms with van der Waals surface area (Å²) in [5.74, 6) is -1.50. The second kappa shape index (κ2) is 12.4. The van der Waals surface area contributed by atoms with E-state index in [2.05, 4.69) is 0 Å². The Morgan fingerprint density at radius 1 is 0.909 bits per heavy atom. The maximum Gasteiger partial charge on any atom is 0.340 e. The van der Waals surface area contributed by atoms with E-state index in [1.807, 2.05) is 38.1 Å². The van der Waals surface area contributed by atoms with Crippen LogP contribution in [0.15, 0.2) is 111 Å². The summed E-state index contributed by atoms with van der Waals surface area (Å²) in [5, 5.41) is 0. The molecule has 8 nitrogen and oxygen atoms in total. The van der Waals surface area contributed by atoms with Gasteiger partial charge in [0.25, 0.3) is 5.91 Å². The smallest absolute Gasteiger partial charge is 0.340 e. The number of para-hydroxylation sites is 1. The number of hydrogen-bond donors (Lipinski definition) is 0. The zero-order chi connectivity index (χ0) is 31.6. The minimum atomic E-state index is -3.93. The number of benzene rings is 3. The molecule has 1 amide bonds. The van der Waals surface area contributed by atoms with Crippen molar-refractivity contribution in [1.82, 2.24) is 4.31 Å². The molecule has 3 aromatic carbocycles. The highest BCUT2D eigenvalue weighted by atomic mass is 32.2. The van der Waals surface area contributed by atoms with Crippen LogP contribution in [0.2, 0.25) is 0 Å². The van der Waals surface area contributed by atoms with E-state index in [1.54, 1.807) is 42.5 Å². The first kappa shape index (κ1) is 30.7. The Balaban J connectivity index is 1.49. The number of methoxy groups -OCH3 is 1. The first-order valence-corrected chi connectivity index (χ1v) is 15.2. The summed E-state index contributed by atoms with van der Waals surface area (Å²) >= 11 is 0. The Labute approximate surface area is 255 Å². The molecule has 44 heavy (non-hydrogen) atoms. The number of anilines is 1. The molecule has 1 aliphatic rings. The van der Waals surface area contributed by atoms with E-state index in [4.69, 9.17) is 9.15 Å². The van der Waals surface area contributed by atoms with Gasteiger partial charge in [-0.15, -0.1) is 0 Å². The number of carbonyl (C=O) groups excluding carboxylic acids is 2. The fourth-order valence-corrected chi connectivity index (χ4v) is 6.35. The summed E-state index contributed by atoms with van der Waals surface area (Å²) in [6, 6.07) is 23.2. The summed E-state index contributed by atoms with van der Waals surface area (Å²) in [7, 11) is -2.73. The normalized spacial score (nSPS) is 14.6. The monoisotopic (exact) mass is 614 g/mol. The summed E-state index contributed by atoms with van der Waals surface area (Å²) in [5.41, 5.74) is 2.92. The second-order valence-corrected chi connectivity index (χ2v) is 12.4. The number of furan rings is 1. The molecule has 1 aromatic heterocycles. The van der Waals surface area contributed by atoms with E-state index in [0.29, 0.717) is 5.76 Å². The van der Waals surface area contributed by atoms with E-state index in [-0.39, 0.29) is 46.3 Å². The van der Waals surface area contributed by atoms with Crippen molar-refractivity contribution < 1.29 is 31.6 Å². The van der Waals surface area contributed by atoms with Crippen LogP contribution in [-0.4, -0.2) is 31.7 Å². The van der Waals surface area contributed by atoms with Crippen molar-refractivity contribution in [2.24, 2.45) is 0 Å². The number of nitrogens with zero attached hydrogens (tertiary/aromatic N) is 2. The molecule has 5 rings (SSSR count). The van der Waals surface area contributed by atoms with E-state index >= 15 is 0 Å². The quantitative estimate of drug-likeness (QED) is 0.162. The third kappa shape index (κ3) is 6.13. The van der Waals surface area contributed by atoms with Crippen LogP contribution < -0.4 is 4.90 Å². The lowest BCUT2D eigenvalue weighted by atomic mass is 10.1. The molecule has 10 heteroatoms. The minimum absolute atomic E-state index is 0.00648. The third-order valence-corrected chi connectivity index (χ3v) is 9.13. The molecule has 0 unspecified atom stereocenters. The average molecular weight is 615 g/mol. The van der Waals surface area contributed by atoms with Gasteiger partial charge in [0.2, 0.25) is 10.0 Å². The highest BCUT2D eigenvalue weighted by molar-refractivity contribution is 7.89. The van der Waals surface area contributed by atoms with Gasteiger partial charge in [0.15, 0.2) is 0 Å². The van der Waals surface area contributed by atoms with Gasteiger partial charge in [-0.3, -0.25) is 9.69 Å². The Morgan fingerprint density at radius 2 is 1.55 bits per heavy atom. The van der Waals surface area contributed by atoms with Gasteiger partial charge < -0.3 is 9.15 Å². The number of halogens is 1.